The highest BCUT2D eigenvalue weighted by Crippen LogP contribution is 2.47. The largest absolute Gasteiger partial charge is 0.480 e. The van der Waals surface area contributed by atoms with Gasteiger partial charge in [0.05, 0.1) is 0 Å². The molecule has 0 saturated heterocycles. The number of alkyl halides is 7. The number of carbonyl (C=O) groups is 1. The molecule has 0 amide bonds. The highest BCUT2D eigenvalue weighted by molar-refractivity contribution is 5.74. The van der Waals surface area contributed by atoms with Crippen molar-refractivity contribution < 1.29 is 40.6 Å². The molecular formula is C5H4F7NO2. The first kappa shape index (κ1) is 13.9. The highest BCUT2D eigenvalue weighted by Gasteiger charge is 2.76. The van der Waals surface area contributed by atoms with Crippen LogP contribution in [0, 0.1) is 0 Å². The summed E-state index contributed by atoms with van der Waals surface area (Å²) in [6, 6.07) is -3.64. The van der Waals surface area contributed by atoms with E-state index in [0.717, 1.165) is 0 Å². The molecule has 0 aromatic rings. The van der Waals surface area contributed by atoms with Crippen LogP contribution in [-0.4, -0.2) is 35.1 Å². The molecule has 1 unspecified atom stereocenters. The van der Waals surface area contributed by atoms with Crippen molar-refractivity contribution in [3.63, 3.8) is 0 Å². The summed E-state index contributed by atoms with van der Waals surface area (Å²) in [5, 5.41) is 7.84. The lowest BCUT2D eigenvalue weighted by Gasteiger charge is -2.30. The van der Waals surface area contributed by atoms with Gasteiger partial charge in [-0.25, -0.2) is 0 Å². The van der Waals surface area contributed by atoms with Gasteiger partial charge in [0.25, 0.3) is 0 Å². The Hall–Kier alpha value is -1.06. The SMILES string of the molecule is NC(C(=O)O)C(F)(F)C(F)(F)C(F)(F)F. The summed E-state index contributed by atoms with van der Waals surface area (Å²) in [6.07, 6.45) is -6.58. The predicted molar refractivity (Wildman–Crippen MR) is 31.6 cm³/mol. The van der Waals surface area contributed by atoms with E-state index in [9.17, 15) is 35.5 Å². The van der Waals surface area contributed by atoms with Crippen LogP contribution in [0.4, 0.5) is 30.7 Å². The van der Waals surface area contributed by atoms with E-state index in [1.165, 1.54) is 0 Å². The lowest BCUT2D eigenvalue weighted by Crippen LogP contribution is -2.62. The summed E-state index contributed by atoms with van der Waals surface area (Å²) in [4.78, 5) is 9.81. The molecule has 0 bridgehead atoms. The van der Waals surface area contributed by atoms with Crippen molar-refractivity contribution in [2.24, 2.45) is 5.73 Å². The summed E-state index contributed by atoms with van der Waals surface area (Å²) >= 11 is 0. The van der Waals surface area contributed by atoms with Crippen LogP contribution >= 0.6 is 0 Å². The standard InChI is InChI=1S/C5H4F7NO2/c6-3(7,1(13)2(14)15)4(8,9)5(10,11)12/h1H,13H2,(H,14,15). The number of carboxylic acids is 1. The van der Waals surface area contributed by atoms with E-state index in [4.69, 9.17) is 5.11 Å². The van der Waals surface area contributed by atoms with Crippen LogP contribution in [0.3, 0.4) is 0 Å². The van der Waals surface area contributed by atoms with E-state index in [1.54, 1.807) is 0 Å². The van der Waals surface area contributed by atoms with Gasteiger partial charge in [0, 0.05) is 0 Å². The minimum absolute atomic E-state index is 2.66. The third-order valence-electron chi connectivity index (χ3n) is 1.43. The Bertz CT molecular complexity index is 261. The fourth-order valence-corrected chi connectivity index (χ4v) is 0.539. The fraction of sp³-hybridized carbons (Fsp3) is 0.800. The van der Waals surface area contributed by atoms with Gasteiger partial charge in [-0.05, 0) is 0 Å². The molecule has 0 fully saturated rings. The zero-order chi connectivity index (χ0) is 12.7. The average Bonchev–Trinajstić information content (AvgIpc) is 2.00. The zero-order valence-corrected chi connectivity index (χ0v) is 6.66. The van der Waals surface area contributed by atoms with Crippen LogP contribution in [0.5, 0.6) is 0 Å². The lowest BCUT2D eigenvalue weighted by molar-refractivity contribution is -0.356. The van der Waals surface area contributed by atoms with Gasteiger partial charge in [-0.15, -0.1) is 0 Å². The van der Waals surface area contributed by atoms with Gasteiger partial charge < -0.3 is 10.8 Å². The molecule has 0 spiro atoms. The Labute approximate surface area is 77.7 Å². The first-order chi connectivity index (χ1) is 6.35. The number of hydrogen-bond acceptors (Lipinski definition) is 2. The van der Waals surface area contributed by atoms with Crippen LogP contribution in [0.1, 0.15) is 0 Å². The maximum absolute atomic E-state index is 12.4. The van der Waals surface area contributed by atoms with Crippen LogP contribution in [-0.2, 0) is 4.79 Å². The van der Waals surface area contributed by atoms with Gasteiger partial charge >= 0.3 is 24.0 Å². The average molecular weight is 243 g/mol. The molecule has 0 saturated carbocycles. The number of hydrogen-bond donors (Lipinski definition) is 2. The van der Waals surface area contributed by atoms with Crippen molar-refractivity contribution in [2.45, 2.75) is 24.1 Å². The van der Waals surface area contributed by atoms with Crippen LogP contribution < -0.4 is 5.73 Å². The number of rotatable bonds is 3. The Morgan fingerprint density at radius 1 is 1.07 bits per heavy atom. The van der Waals surface area contributed by atoms with Crippen molar-refractivity contribution in [3.05, 3.63) is 0 Å². The van der Waals surface area contributed by atoms with Gasteiger partial charge in [-0.1, -0.05) is 0 Å². The molecule has 10 heteroatoms. The second kappa shape index (κ2) is 3.51. The molecule has 0 radical (unpaired) electrons. The lowest BCUT2D eigenvalue weighted by atomic mass is 10.0. The first-order valence-corrected chi connectivity index (χ1v) is 3.16. The van der Waals surface area contributed by atoms with Crippen LogP contribution in [0.25, 0.3) is 0 Å². The molecule has 0 aliphatic carbocycles. The molecule has 0 aromatic carbocycles. The Kier molecular flexibility index (Phi) is 3.26. The molecule has 0 rings (SSSR count). The van der Waals surface area contributed by atoms with Crippen LogP contribution in [0.15, 0.2) is 0 Å². The number of aliphatic carboxylic acids is 1. The van der Waals surface area contributed by atoms with Gasteiger partial charge in [-0.2, -0.15) is 30.7 Å². The van der Waals surface area contributed by atoms with Gasteiger partial charge in [-0.3, -0.25) is 4.79 Å². The van der Waals surface area contributed by atoms with Crippen molar-refractivity contribution >= 4 is 5.97 Å². The highest BCUT2D eigenvalue weighted by atomic mass is 19.4. The smallest absolute Gasteiger partial charge is 0.459 e. The van der Waals surface area contributed by atoms with Crippen LogP contribution in [0.2, 0.25) is 0 Å². The van der Waals surface area contributed by atoms with Crippen molar-refractivity contribution in [1.82, 2.24) is 0 Å². The molecule has 3 N–H and O–H groups in total. The fourth-order valence-electron chi connectivity index (χ4n) is 0.539. The summed E-state index contributed by atoms with van der Waals surface area (Å²) in [7, 11) is 0. The Balaban J connectivity index is 5.28. The second-order valence-corrected chi connectivity index (χ2v) is 2.51. The number of nitrogens with two attached hydrogens (primary N) is 1. The molecule has 0 heterocycles. The third-order valence-corrected chi connectivity index (χ3v) is 1.43. The Morgan fingerprint density at radius 2 is 1.40 bits per heavy atom. The van der Waals surface area contributed by atoms with Crippen molar-refractivity contribution in [2.75, 3.05) is 0 Å². The van der Waals surface area contributed by atoms with E-state index in [2.05, 4.69) is 5.73 Å². The van der Waals surface area contributed by atoms with E-state index in [1.807, 2.05) is 0 Å². The van der Waals surface area contributed by atoms with E-state index in [-0.39, 0.29) is 0 Å². The van der Waals surface area contributed by atoms with Gasteiger partial charge in [0.15, 0.2) is 6.04 Å². The summed E-state index contributed by atoms with van der Waals surface area (Å²) < 4.78 is 83.4. The van der Waals surface area contributed by atoms with Gasteiger partial charge in [0.1, 0.15) is 0 Å². The molecule has 15 heavy (non-hydrogen) atoms. The quantitative estimate of drug-likeness (QED) is 0.733. The topological polar surface area (TPSA) is 63.3 Å². The molecule has 1 atom stereocenters. The minimum Gasteiger partial charge on any atom is -0.480 e. The van der Waals surface area contributed by atoms with Gasteiger partial charge in [0.2, 0.25) is 0 Å². The third kappa shape index (κ3) is 2.13. The summed E-state index contributed by atoms with van der Waals surface area (Å²) in [6.45, 7) is 0. The molecule has 90 valence electrons. The molecular weight excluding hydrogens is 239 g/mol. The number of halogens is 7. The van der Waals surface area contributed by atoms with E-state index >= 15 is 0 Å². The predicted octanol–water partition coefficient (Wildman–Crippen LogP) is 1.23. The normalized spacial score (nSPS) is 16.3. The van der Waals surface area contributed by atoms with Crippen molar-refractivity contribution in [3.8, 4) is 0 Å². The van der Waals surface area contributed by atoms with Crippen molar-refractivity contribution in [1.29, 1.82) is 0 Å². The zero-order valence-electron chi connectivity index (χ0n) is 6.66. The minimum atomic E-state index is -6.58. The maximum Gasteiger partial charge on any atom is 0.459 e. The molecule has 0 aliphatic heterocycles. The second-order valence-electron chi connectivity index (χ2n) is 2.51. The molecule has 0 aromatic heterocycles. The Morgan fingerprint density at radius 3 is 1.60 bits per heavy atom. The molecule has 3 nitrogen and oxygen atoms in total. The summed E-state index contributed by atoms with van der Waals surface area (Å²) in [5.74, 6) is -15.1. The number of carboxylic acid groups (broad SMARTS) is 1. The monoisotopic (exact) mass is 243 g/mol. The molecule has 0 aliphatic rings. The van der Waals surface area contributed by atoms with E-state index in [0.29, 0.717) is 0 Å². The maximum atomic E-state index is 12.4. The first-order valence-electron chi connectivity index (χ1n) is 3.16. The summed E-state index contributed by atoms with van der Waals surface area (Å²) in [5.41, 5.74) is 4.05. The van der Waals surface area contributed by atoms with E-state index < -0.39 is 30.0 Å².